The van der Waals surface area contributed by atoms with Crippen LogP contribution in [0.3, 0.4) is 0 Å². The van der Waals surface area contributed by atoms with E-state index in [1.807, 2.05) is 30.3 Å². The van der Waals surface area contributed by atoms with Crippen molar-refractivity contribution in [2.24, 2.45) is 5.73 Å². The maximum absolute atomic E-state index is 6.04. The van der Waals surface area contributed by atoms with Gasteiger partial charge in [0.05, 0.1) is 12.4 Å². The topological polar surface area (TPSA) is 63.8 Å². The van der Waals surface area contributed by atoms with Gasteiger partial charge in [0.15, 0.2) is 0 Å². The van der Waals surface area contributed by atoms with Gasteiger partial charge in [0.2, 0.25) is 0 Å². The van der Waals surface area contributed by atoms with Crippen molar-refractivity contribution >= 4 is 17.4 Å². The SMILES string of the molecule is NC(CNc1cncc(Cl)n1)c1ccccc1. The van der Waals surface area contributed by atoms with Crippen molar-refractivity contribution in [3.8, 4) is 0 Å². The number of anilines is 1. The van der Waals surface area contributed by atoms with Gasteiger partial charge in [-0.1, -0.05) is 41.9 Å². The molecule has 4 nitrogen and oxygen atoms in total. The molecule has 1 aromatic heterocycles. The van der Waals surface area contributed by atoms with E-state index in [0.29, 0.717) is 17.5 Å². The van der Waals surface area contributed by atoms with Crippen LogP contribution < -0.4 is 11.1 Å². The zero-order chi connectivity index (χ0) is 12.1. The fraction of sp³-hybridized carbons (Fsp3) is 0.167. The van der Waals surface area contributed by atoms with E-state index < -0.39 is 0 Å². The number of halogens is 1. The number of benzene rings is 1. The van der Waals surface area contributed by atoms with Crippen LogP contribution in [-0.2, 0) is 0 Å². The zero-order valence-electron chi connectivity index (χ0n) is 9.18. The average molecular weight is 249 g/mol. The fourth-order valence-electron chi connectivity index (χ4n) is 1.46. The Morgan fingerprint density at radius 2 is 2.00 bits per heavy atom. The predicted octanol–water partition coefficient (Wildman–Crippen LogP) is 2.24. The third-order valence-corrected chi connectivity index (χ3v) is 2.52. The highest BCUT2D eigenvalue weighted by molar-refractivity contribution is 6.29. The first-order valence-electron chi connectivity index (χ1n) is 5.27. The van der Waals surface area contributed by atoms with E-state index in [4.69, 9.17) is 17.3 Å². The Morgan fingerprint density at radius 3 is 2.71 bits per heavy atom. The molecule has 0 amide bonds. The van der Waals surface area contributed by atoms with Gasteiger partial charge >= 0.3 is 0 Å². The summed E-state index contributed by atoms with van der Waals surface area (Å²) in [5.74, 6) is 0.629. The molecule has 0 aliphatic heterocycles. The second-order valence-electron chi connectivity index (χ2n) is 3.63. The molecule has 0 radical (unpaired) electrons. The van der Waals surface area contributed by atoms with Gasteiger partial charge in [0.1, 0.15) is 11.0 Å². The molecule has 2 rings (SSSR count). The molecule has 2 aromatic rings. The molecule has 1 aromatic carbocycles. The number of hydrogen-bond acceptors (Lipinski definition) is 4. The molecular weight excluding hydrogens is 236 g/mol. The van der Waals surface area contributed by atoms with Crippen molar-refractivity contribution in [1.82, 2.24) is 9.97 Å². The first-order chi connectivity index (χ1) is 8.25. The molecular formula is C12H13ClN4. The summed E-state index contributed by atoms with van der Waals surface area (Å²) < 4.78 is 0. The van der Waals surface area contributed by atoms with E-state index in [1.165, 1.54) is 6.20 Å². The van der Waals surface area contributed by atoms with E-state index in [1.54, 1.807) is 6.20 Å². The molecule has 5 heteroatoms. The highest BCUT2D eigenvalue weighted by Crippen LogP contribution is 2.11. The van der Waals surface area contributed by atoms with Crippen LogP contribution in [0.4, 0.5) is 5.82 Å². The lowest BCUT2D eigenvalue weighted by molar-refractivity contribution is 0.761. The van der Waals surface area contributed by atoms with Crippen LogP contribution in [0.5, 0.6) is 0 Å². The van der Waals surface area contributed by atoms with Gasteiger partial charge in [0, 0.05) is 12.6 Å². The summed E-state index contributed by atoms with van der Waals surface area (Å²) >= 11 is 5.73. The highest BCUT2D eigenvalue weighted by atomic mass is 35.5. The fourth-order valence-corrected chi connectivity index (χ4v) is 1.61. The number of nitrogens with zero attached hydrogens (tertiary/aromatic N) is 2. The van der Waals surface area contributed by atoms with Crippen LogP contribution in [0.2, 0.25) is 5.15 Å². The monoisotopic (exact) mass is 248 g/mol. The normalized spacial score (nSPS) is 12.1. The number of nitrogens with two attached hydrogens (primary N) is 1. The molecule has 88 valence electrons. The molecule has 3 N–H and O–H groups in total. The third-order valence-electron chi connectivity index (χ3n) is 2.34. The van der Waals surface area contributed by atoms with Gasteiger partial charge in [-0.25, -0.2) is 4.98 Å². The minimum absolute atomic E-state index is 0.0861. The summed E-state index contributed by atoms with van der Waals surface area (Å²) in [6, 6.07) is 9.80. The maximum Gasteiger partial charge on any atom is 0.149 e. The van der Waals surface area contributed by atoms with Gasteiger partial charge in [-0.05, 0) is 5.56 Å². The lowest BCUT2D eigenvalue weighted by Gasteiger charge is -2.13. The predicted molar refractivity (Wildman–Crippen MR) is 68.9 cm³/mol. The molecule has 1 atom stereocenters. The van der Waals surface area contributed by atoms with Crippen molar-refractivity contribution in [1.29, 1.82) is 0 Å². The van der Waals surface area contributed by atoms with E-state index in [9.17, 15) is 0 Å². The summed E-state index contributed by atoms with van der Waals surface area (Å²) in [4.78, 5) is 8.01. The third kappa shape index (κ3) is 3.41. The van der Waals surface area contributed by atoms with Gasteiger partial charge < -0.3 is 11.1 Å². The first kappa shape index (κ1) is 11.8. The van der Waals surface area contributed by atoms with Crippen LogP contribution in [0, 0.1) is 0 Å². The lowest BCUT2D eigenvalue weighted by Crippen LogP contribution is -2.20. The molecule has 0 aliphatic carbocycles. The standard InChI is InChI=1S/C12H13ClN4/c13-11-7-15-8-12(17-11)16-6-10(14)9-4-2-1-3-5-9/h1-5,7-8,10H,6,14H2,(H,16,17). The minimum atomic E-state index is -0.0861. The van der Waals surface area contributed by atoms with Crippen LogP contribution in [0.25, 0.3) is 0 Å². The summed E-state index contributed by atoms with van der Waals surface area (Å²) in [7, 11) is 0. The molecule has 0 saturated carbocycles. The van der Waals surface area contributed by atoms with Gasteiger partial charge in [-0.3, -0.25) is 4.98 Å². The molecule has 0 saturated heterocycles. The summed E-state index contributed by atoms with van der Waals surface area (Å²) in [5, 5.41) is 3.46. The largest absolute Gasteiger partial charge is 0.367 e. The van der Waals surface area contributed by atoms with Gasteiger partial charge in [0.25, 0.3) is 0 Å². The Hall–Kier alpha value is -1.65. The Morgan fingerprint density at radius 1 is 1.24 bits per heavy atom. The van der Waals surface area contributed by atoms with E-state index in [-0.39, 0.29) is 6.04 Å². The van der Waals surface area contributed by atoms with Crippen molar-refractivity contribution in [2.75, 3.05) is 11.9 Å². The van der Waals surface area contributed by atoms with Crippen molar-refractivity contribution in [3.63, 3.8) is 0 Å². The smallest absolute Gasteiger partial charge is 0.149 e. The molecule has 17 heavy (non-hydrogen) atoms. The van der Waals surface area contributed by atoms with E-state index >= 15 is 0 Å². The maximum atomic E-state index is 6.04. The van der Waals surface area contributed by atoms with Gasteiger partial charge in [-0.15, -0.1) is 0 Å². The molecule has 1 unspecified atom stereocenters. The van der Waals surface area contributed by atoms with E-state index in [0.717, 1.165) is 5.56 Å². The molecule has 1 heterocycles. The second-order valence-corrected chi connectivity index (χ2v) is 4.01. The van der Waals surface area contributed by atoms with Crippen molar-refractivity contribution < 1.29 is 0 Å². The Bertz CT molecular complexity index is 475. The average Bonchev–Trinajstić information content (AvgIpc) is 2.37. The van der Waals surface area contributed by atoms with Crippen LogP contribution >= 0.6 is 11.6 Å². The molecule has 0 aliphatic rings. The molecule has 0 bridgehead atoms. The number of rotatable bonds is 4. The van der Waals surface area contributed by atoms with Crippen LogP contribution in [-0.4, -0.2) is 16.5 Å². The molecule has 0 spiro atoms. The van der Waals surface area contributed by atoms with E-state index in [2.05, 4.69) is 15.3 Å². The second kappa shape index (κ2) is 5.61. The summed E-state index contributed by atoms with van der Waals surface area (Å²) in [5.41, 5.74) is 7.12. The van der Waals surface area contributed by atoms with Crippen LogP contribution in [0.15, 0.2) is 42.7 Å². The number of nitrogens with one attached hydrogen (secondary N) is 1. The Kier molecular flexibility index (Phi) is 3.90. The number of hydrogen-bond donors (Lipinski definition) is 2. The number of aromatic nitrogens is 2. The quantitative estimate of drug-likeness (QED) is 0.871. The molecule has 0 fully saturated rings. The van der Waals surface area contributed by atoms with Gasteiger partial charge in [-0.2, -0.15) is 0 Å². The highest BCUT2D eigenvalue weighted by Gasteiger charge is 2.05. The minimum Gasteiger partial charge on any atom is -0.367 e. The Labute approximate surface area is 105 Å². The Balaban J connectivity index is 1.95. The summed E-state index contributed by atoms with van der Waals surface area (Å²) in [6.07, 6.45) is 3.10. The first-order valence-corrected chi connectivity index (χ1v) is 5.65. The van der Waals surface area contributed by atoms with Crippen molar-refractivity contribution in [3.05, 3.63) is 53.4 Å². The van der Waals surface area contributed by atoms with Crippen molar-refractivity contribution in [2.45, 2.75) is 6.04 Å². The lowest BCUT2D eigenvalue weighted by atomic mass is 10.1. The zero-order valence-corrected chi connectivity index (χ0v) is 9.93. The van der Waals surface area contributed by atoms with Crippen LogP contribution in [0.1, 0.15) is 11.6 Å². The summed E-state index contributed by atoms with van der Waals surface area (Å²) in [6.45, 7) is 0.582.